The number of benzene rings is 2. The smallest absolute Gasteiger partial charge is 0.338 e. The number of esters is 1. The Bertz CT molecular complexity index is 831. The summed E-state index contributed by atoms with van der Waals surface area (Å²) in [6, 6.07) is 10.3. The van der Waals surface area contributed by atoms with Gasteiger partial charge in [0.05, 0.1) is 5.56 Å². The maximum Gasteiger partial charge on any atom is 0.338 e. The topological polar surface area (TPSA) is 55.4 Å². The minimum Gasteiger partial charge on any atom is -0.449 e. The number of carbonyl (C=O) groups excluding carboxylic acids is 2. The molecule has 2 aromatic rings. The number of hydrogen-bond donors (Lipinski definition) is 1. The van der Waals surface area contributed by atoms with Crippen LogP contribution in [0.1, 0.15) is 41.3 Å². The summed E-state index contributed by atoms with van der Waals surface area (Å²) in [5, 5.41) is 3.46. The Kier molecular flexibility index (Phi) is 5.84. The quantitative estimate of drug-likeness (QED) is 0.741. The monoisotopic (exact) mass is 391 g/mol. The molecule has 0 heterocycles. The summed E-state index contributed by atoms with van der Waals surface area (Å²) in [6.07, 6.45) is 3.39. The first kappa shape index (κ1) is 18.7. The van der Waals surface area contributed by atoms with Crippen molar-refractivity contribution in [2.45, 2.75) is 38.7 Å². The molecule has 0 bridgehead atoms. The number of hydrogen-bond acceptors (Lipinski definition) is 3. The molecule has 0 aliphatic heterocycles. The molecular formula is C20H19Cl2NO3. The minimum absolute atomic E-state index is 0.409. The van der Waals surface area contributed by atoms with Crippen LogP contribution in [-0.4, -0.2) is 18.0 Å². The number of amides is 1. The predicted octanol–water partition coefficient (Wildman–Crippen LogP) is 5.06. The van der Waals surface area contributed by atoms with Crippen LogP contribution in [0.2, 0.25) is 10.0 Å². The van der Waals surface area contributed by atoms with Gasteiger partial charge in [0.25, 0.3) is 5.91 Å². The average Bonchev–Trinajstić information content (AvgIpc) is 2.60. The molecule has 2 aromatic carbocycles. The molecule has 136 valence electrons. The highest BCUT2D eigenvalue weighted by atomic mass is 35.5. The third-order valence-electron chi connectivity index (χ3n) is 4.37. The van der Waals surface area contributed by atoms with Crippen molar-refractivity contribution in [3.05, 3.63) is 63.1 Å². The summed E-state index contributed by atoms with van der Waals surface area (Å²) >= 11 is 11.8. The Morgan fingerprint density at radius 3 is 2.35 bits per heavy atom. The molecule has 26 heavy (non-hydrogen) atoms. The fourth-order valence-corrected chi connectivity index (χ4v) is 3.54. The second-order valence-electron chi connectivity index (χ2n) is 6.39. The molecule has 4 nitrogen and oxygen atoms in total. The predicted molar refractivity (Wildman–Crippen MR) is 103 cm³/mol. The van der Waals surface area contributed by atoms with Crippen molar-refractivity contribution in [2.24, 2.45) is 0 Å². The number of halogens is 2. The third-order valence-corrected chi connectivity index (χ3v) is 4.80. The van der Waals surface area contributed by atoms with Gasteiger partial charge in [0.2, 0.25) is 0 Å². The van der Waals surface area contributed by atoms with Gasteiger partial charge >= 0.3 is 5.97 Å². The lowest BCUT2D eigenvalue weighted by molar-refractivity contribution is -0.123. The zero-order valence-electron chi connectivity index (χ0n) is 14.4. The fourth-order valence-electron chi connectivity index (χ4n) is 3.01. The van der Waals surface area contributed by atoms with Crippen LogP contribution in [0.15, 0.2) is 36.4 Å². The molecule has 1 amide bonds. The van der Waals surface area contributed by atoms with Gasteiger partial charge < -0.3 is 10.1 Å². The van der Waals surface area contributed by atoms with Gasteiger partial charge in [0.1, 0.15) is 0 Å². The second-order valence-corrected chi connectivity index (χ2v) is 7.26. The number of anilines is 1. The molecule has 0 spiro atoms. The number of fused-ring (bicyclic) bond motifs is 1. The van der Waals surface area contributed by atoms with Crippen molar-refractivity contribution in [3.8, 4) is 0 Å². The largest absolute Gasteiger partial charge is 0.449 e. The van der Waals surface area contributed by atoms with Crippen LogP contribution < -0.4 is 5.32 Å². The molecule has 1 aliphatic rings. The van der Waals surface area contributed by atoms with E-state index in [0.29, 0.717) is 21.3 Å². The lowest BCUT2D eigenvalue weighted by Crippen LogP contribution is -2.30. The van der Waals surface area contributed by atoms with Crippen molar-refractivity contribution < 1.29 is 14.3 Å². The van der Waals surface area contributed by atoms with E-state index in [0.717, 1.165) is 19.3 Å². The van der Waals surface area contributed by atoms with Crippen LogP contribution in [0, 0.1) is 0 Å². The summed E-state index contributed by atoms with van der Waals surface area (Å²) in [4.78, 5) is 24.6. The van der Waals surface area contributed by atoms with Crippen molar-refractivity contribution in [1.29, 1.82) is 0 Å². The van der Waals surface area contributed by atoms with Gasteiger partial charge in [-0.15, -0.1) is 0 Å². The van der Waals surface area contributed by atoms with E-state index >= 15 is 0 Å². The highest BCUT2D eigenvalue weighted by Gasteiger charge is 2.20. The van der Waals surface area contributed by atoms with Crippen molar-refractivity contribution in [2.75, 3.05) is 5.32 Å². The van der Waals surface area contributed by atoms with Crippen LogP contribution in [-0.2, 0) is 22.4 Å². The molecule has 6 heteroatoms. The van der Waals surface area contributed by atoms with E-state index in [2.05, 4.69) is 5.32 Å². The highest BCUT2D eigenvalue weighted by molar-refractivity contribution is 6.35. The van der Waals surface area contributed by atoms with Crippen molar-refractivity contribution >= 4 is 40.8 Å². The van der Waals surface area contributed by atoms with E-state index in [-0.39, 0.29) is 0 Å². The summed E-state index contributed by atoms with van der Waals surface area (Å²) in [5.74, 6) is -0.959. The van der Waals surface area contributed by atoms with Gasteiger partial charge in [-0.3, -0.25) is 4.79 Å². The Morgan fingerprint density at radius 2 is 1.65 bits per heavy atom. The lowest BCUT2D eigenvalue weighted by atomic mass is 9.90. The third kappa shape index (κ3) is 4.57. The van der Waals surface area contributed by atoms with Gasteiger partial charge in [-0.05, 0) is 74.1 Å². The standard InChI is InChI=1S/C20H19Cl2NO3/c1-12(19(24)23-18-10-16(21)9-17(22)11-18)26-20(25)15-7-6-13-4-2-3-5-14(13)8-15/h6-12H,2-5H2,1H3,(H,23,24)/t12-/m1/s1. The Balaban J connectivity index is 1.64. The minimum atomic E-state index is -0.948. The maximum absolute atomic E-state index is 12.4. The molecule has 1 N–H and O–H groups in total. The lowest BCUT2D eigenvalue weighted by Gasteiger charge is -2.17. The maximum atomic E-state index is 12.4. The van der Waals surface area contributed by atoms with Crippen molar-refractivity contribution in [3.63, 3.8) is 0 Å². The summed E-state index contributed by atoms with van der Waals surface area (Å²) in [5.41, 5.74) is 3.40. The molecule has 0 aromatic heterocycles. The SMILES string of the molecule is C[C@@H](OC(=O)c1ccc2c(c1)CCCC2)C(=O)Nc1cc(Cl)cc(Cl)c1. The summed E-state index contributed by atoms with van der Waals surface area (Å²) < 4.78 is 5.30. The first-order valence-corrected chi connectivity index (χ1v) is 9.28. The van der Waals surface area contributed by atoms with E-state index in [1.165, 1.54) is 24.5 Å². The number of aryl methyl sites for hydroxylation is 2. The van der Waals surface area contributed by atoms with E-state index in [9.17, 15) is 9.59 Å². The fraction of sp³-hybridized carbons (Fsp3) is 0.300. The van der Waals surface area contributed by atoms with Crippen LogP contribution in [0.3, 0.4) is 0 Å². The van der Waals surface area contributed by atoms with E-state index in [1.54, 1.807) is 24.3 Å². The molecule has 0 saturated carbocycles. The van der Waals surface area contributed by atoms with Crippen LogP contribution in [0.4, 0.5) is 5.69 Å². The molecule has 0 radical (unpaired) electrons. The average molecular weight is 392 g/mol. The first-order chi connectivity index (χ1) is 12.4. The Morgan fingerprint density at radius 1 is 1.00 bits per heavy atom. The number of nitrogens with one attached hydrogen (secondary N) is 1. The van der Waals surface area contributed by atoms with Crippen LogP contribution >= 0.6 is 23.2 Å². The molecule has 3 rings (SSSR count). The second kappa shape index (κ2) is 8.11. The molecule has 1 aliphatic carbocycles. The normalized spacial score (nSPS) is 14.3. The highest BCUT2D eigenvalue weighted by Crippen LogP contribution is 2.24. The Labute approximate surface area is 162 Å². The first-order valence-electron chi connectivity index (χ1n) is 8.52. The zero-order chi connectivity index (χ0) is 18.7. The van der Waals surface area contributed by atoms with E-state index < -0.39 is 18.0 Å². The van der Waals surface area contributed by atoms with Gasteiger partial charge in [-0.2, -0.15) is 0 Å². The van der Waals surface area contributed by atoms with Crippen LogP contribution in [0.5, 0.6) is 0 Å². The molecule has 0 fully saturated rings. The summed E-state index contributed by atoms with van der Waals surface area (Å²) in [7, 11) is 0. The molecule has 1 atom stereocenters. The molecule has 0 unspecified atom stereocenters. The number of carbonyl (C=O) groups is 2. The zero-order valence-corrected chi connectivity index (χ0v) is 15.9. The Hall–Kier alpha value is -2.04. The number of rotatable bonds is 4. The molecule has 0 saturated heterocycles. The molecular weight excluding hydrogens is 373 g/mol. The van der Waals surface area contributed by atoms with Crippen LogP contribution in [0.25, 0.3) is 0 Å². The number of ether oxygens (including phenoxy) is 1. The van der Waals surface area contributed by atoms with E-state index in [4.69, 9.17) is 27.9 Å². The van der Waals surface area contributed by atoms with E-state index in [1.807, 2.05) is 12.1 Å². The van der Waals surface area contributed by atoms with Gasteiger partial charge in [-0.1, -0.05) is 29.3 Å². The van der Waals surface area contributed by atoms with Gasteiger partial charge in [0.15, 0.2) is 6.10 Å². The van der Waals surface area contributed by atoms with Gasteiger partial charge in [-0.25, -0.2) is 4.79 Å². The van der Waals surface area contributed by atoms with Gasteiger partial charge in [0, 0.05) is 15.7 Å². The summed E-state index contributed by atoms with van der Waals surface area (Å²) in [6.45, 7) is 1.53. The van der Waals surface area contributed by atoms with Crippen molar-refractivity contribution in [1.82, 2.24) is 0 Å².